The Hall–Kier alpha value is -2.46. The van der Waals surface area contributed by atoms with Crippen LogP contribution in [-0.4, -0.2) is 22.9 Å². The number of methoxy groups -OCH3 is 1. The molecule has 0 bridgehead atoms. The first-order valence-corrected chi connectivity index (χ1v) is 7.60. The van der Waals surface area contributed by atoms with Gasteiger partial charge in [-0.15, -0.1) is 0 Å². The molecule has 2 aromatic heterocycles. The van der Waals surface area contributed by atoms with Crippen LogP contribution >= 0.6 is 11.6 Å². The smallest absolute Gasteiger partial charge is 0.225 e. The van der Waals surface area contributed by atoms with Gasteiger partial charge in [0.2, 0.25) is 5.88 Å². The molecular weight excluding hydrogens is 312 g/mol. The highest BCUT2D eigenvalue weighted by molar-refractivity contribution is 6.37. The van der Waals surface area contributed by atoms with E-state index in [2.05, 4.69) is 9.97 Å². The molecule has 3 aromatic rings. The van der Waals surface area contributed by atoms with Crippen molar-refractivity contribution in [2.75, 3.05) is 7.11 Å². The summed E-state index contributed by atoms with van der Waals surface area (Å²) in [4.78, 5) is 21.5. The van der Waals surface area contributed by atoms with Crippen LogP contribution in [0.15, 0.2) is 24.4 Å². The number of fused-ring (bicyclic) bond motifs is 5. The number of hydrogen-bond donors (Lipinski definition) is 0. The highest BCUT2D eigenvalue weighted by Crippen LogP contribution is 2.47. The molecule has 4 rings (SSSR count). The van der Waals surface area contributed by atoms with Crippen molar-refractivity contribution in [2.24, 2.45) is 0 Å². The molecule has 0 fully saturated rings. The van der Waals surface area contributed by atoms with Gasteiger partial charge in [0.15, 0.2) is 5.78 Å². The van der Waals surface area contributed by atoms with Gasteiger partial charge in [-0.3, -0.25) is 4.79 Å². The van der Waals surface area contributed by atoms with Crippen LogP contribution in [0.25, 0.3) is 22.0 Å². The minimum atomic E-state index is -0.122. The molecule has 1 aliphatic carbocycles. The molecule has 4 nitrogen and oxygen atoms in total. The molecular formula is C18H13ClN2O2. The lowest BCUT2D eigenvalue weighted by Crippen LogP contribution is -2.02. The van der Waals surface area contributed by atoms with Gasteiger partial charge in [0.25, 0.3) is 0 Å². The fraction of sp³-hybridized carbons (Fsp3) is 0.167. The van der Waals surface area contributed by atoms with E-state index in [1.54, 1.807) is 12.3 Å². The average molecular weight is 325 g/mol. The van der Waals surface area contributed by atoms with Crippen LogP contribution in [0.1, 0.15) is 27.0 Å². The van der Waals surface area contributed by atoms with Gasteiger partial charge in [0.1, 0.15) is 5.15 Å². The van der Waals surface area contributed by atoms with Crippen LogP contribution in [-0.2, 0) is 0 Å². The van der Waals surface area contributed by atoms with E-state index in [0.29, 0.717) is 27.7 Å². The number of nitrogens with zero attached hydrogens (tertiary/aromatic N) is 2. The Labute approximate surface area is 138 Å². The molecule has 0 unspecified atom stereocenters. The summed E-state index contributed by atoms with van der Waals surface area (Å²) in [5.41, 5.74) is 5.47. The summed E-state index contributed by atoms with van der Waals surface area (Å²) in [6.07, 6.45) is 1.54. The van der Waals surface area contributed by atoms with Crippen molar-refractivity contribution in [3.8, 4) is 17.0 Å². The number of aromatic nitrogens is 2. The zero-order valence-electron chi connectivity index (χ0n) is 12.9. The SMILES string of the molecule is COc1nc2c(C)c(C)ccc2c2c1C(=O)c1ccnc(Cl)c1-2. The van der Waals surface area contributed by atoms with Crippen molar-refractivity contribution in [3.63, 3.8) is 0 Å². The second kappa shape index (κ2) is 4.77. The van der Waals surface area contributed by atoms with Crippen molar-refractivity contribution in [2.45, 2.75) is 13.8 Å². The van der Waals surface area contributed by atoms with Crippen molar-refractivity contribution >= 4 is 28.3 Å². The first kappa shape index (κ1) is 14.2. The molecule has 0 radical (unpaired) electrons. The van der Waals surface area contributed by atoms with Gasteiger partial charge in [0, 0.05) is 28.3 Å². The average Bonchev–Trinajstić information content (AvgIpc) is 2.85. The molecule has 0 aliphatic heterocycles. The first-order valence-electron chi connectivity index (χ1n) is 7.22. The number of ketones is 1. The Morgan fingerprint density at radius 1 is 1.09 bits per heavy atom. The largest absolute Gasteiger partial charge is 0.480 e. The normalized spacial score (nSPS) is 12.4. The van der Waals surface area contributed by atoms with Crippen LogP contribution < -0.4 is 4.74 Å². The molecule has 0 atom stereocenters. The van der Waals surface area contributed by atoms with E-state index in [1.165, 1.54) is 7.11 Å². The van der Waals surface area contributed by atoms with Crippen molar-refractivity contribution in [1.29, 1.82) is 0 Å². The number of halogens is 1. The molecule has 0 saturated carbocycles. The van der Waals surface area contributed by atoms with E-state index >= 15 is 0 Å². The van der Waals surface area contributed by atoms with Crippen LogP contribution in [0, 0.1) is 13.8 Å². The number of carbonyl (C=O) groups excluding carboxylic acids is 1. The number of ether oxygens (including phenoxy) is 1. The fourth-order valence-electron chi connectivity index (χ4n) is 3.16. The Morgan fingerprint density at radius 2 is 1.87 bits per heavy atom. The summed E-state index contributed by atoms with van der Waals surface area (Å²) >= 11 is 6.31. The molecule has 2 heterocycles. The molecule has 0 amide bonds. The van der Waals surface area contributed by atoms with Gasteiger partial charge >= 0.3 is 0 Å². The van der Waals surface area contributed by atoms with Crippen LogP contribution in [0.2, 0.25) is 5.15 Å². The maximum atomic E-state index is 12.8. The molecule has 0 N–H and O–H groups in total. The van der Waals surface area contributed by atoms with Gasteiger partial charge in [-0.2, -0.15) is 0 Å². The maximum Gasteiger partial charge on any atom is 0.225 e. The van der Waals surface area contributed by atoms with Crippen LogP contribution in [0.4, 0.5) is 0 Å². The minimum Gasteiger partial charge on any atom is -0.480 e. The third kappa shape index (κ3) is 1.75. The number of hydrogen-bond acceptors (Lipinski definition) is 4. The molecule has 1 aromatic carbocycles. The zero-order valence-corrected chi connectivity index (χ0v) is 13.7. The zero-order chi connectivity index (χ0) is 16.3. The summed E-state index contributed by atoms with van der Waals surface area (Å²) in [7, 11) is 1.52. The van der Waals surface area contributed by atoms with E-state index in [4.69, 9.17) is 16.3 Å². The number of pyridine rings is 2. The highest BCUT2D eigenvalue weighted by Gasteiger charge is 2.35. The topological polar surface area (TPSA) is 52.1 Å². The number of benzene rings is 1. The monoisotopic (exact) mass is 324 g/mol. The second-order valence-electron chi connectivity index (χ2n) is 5.63. The predicted molar refractivity (Wildman–Crippen MR) is 89.4 cm³/mol. The summed E-state index contributed by atoms with van der Waals surface area (Å²) in [6.45, 7) is 4.04. The first-order chi connectivity index (χ1) is 11.0. The Bertz CT molecular complexity index is 1010. The lowest BCUT2D eigenvalue weighted by molar-refractivity contribution is 0.104. The van der Waals surface area contributed by atoms with E-state index < -0.39 is 0 Å². The van der Waals surface area contributed by atoms with Gasteiger partial charge < -0.3 is 4.74 Å². The second-order valence-corrected chi connectivity index (χ2v) is 5.99. The molecule has 5 heteroatoms. The molecule has 114 valence electrons. The van der Waals surface area contributed by atoms with E-state index in [0.717, 1.165) is 27.6 Å². The molecule has 0 saturated heterocycles. The van der Waals surface area contributed by atoms with Crippen molar-refractivity contribution < 1.29 is 9.53 Å². The highest BCUT2D eigenvalue weighted by atomic mass is 35.5. The Morgan fingerprint density at radius 3 is 2.61 bits per heavy atom. The van der Waals surface area contributed by atoms with Gasteiger partial charge in [-0.1, -0.05) is 23.7 Å². The number of rotatable bonds is 1. The molecule has 23 heavy (non-hydrogen) atoms. The third-order valence-electron chi connectivity index (χ3n) is 4.47. The number of aryl methyl sites for hydroxylation is 2. The Kier molecular flexibility index (Phi) is 2.93. The lowest BCUT2D eigenvalue weighted by Gasteiger charge is -2.13. The van der Waals surface area contributed by atoms with Crippen LogP contribution in [0.5, 0.6) is 5.88 Å². The van der Waals surface area contributed by atoms with Crippen molar-refractivity contribution in [3.05, 3.63) is 51.8 Å². The van der Waals surface area contributed by atoms with Gasteiger partial charge in [-0.05, 0) is 31.0 Å². The quantitative estimate of drug-likeness (QED) is 0.494. The van der Waals surface area contributed by atoms with Crippen molar-refractivity contribution in [1.82, 2.24) is 9.97 Å². The third-order valence-corrected chi connectivity index (χ3v) is 4.75. The van der Waals surface area contributed by atoms with Crippen LogP contribution in [0.3, 0.4) is 0 Å². The lowest BCUT2D eigenvalue weighted by atomic mass is 9.98. The molecule has 0 spiro atoms. The molecule has 1 aliphatic rings. The van der Waals surface area contributed by atoms with E-state index in [1.807, 2.05) is 26.0 Å². The Balaban J connectivity index is 2.26. The summed E-state index contributed by atoms with van der Waals surface area (Å²) in [6, 6.07) is 5.70. The van der Waals surface area contributed by atoms with E-state index in [-0.39, 0.29) is 5.78 Å². The standard InChI is InChI=1S/C18H13ClN2O2/c1-8-4-5-10-12-13-11(6-7-20-17(13)19)16(22)14(12)18(23-3)21-15(10)9(8)2/h4-7H,1-3H3. The summed E-state index contributed by atoms with van der Waals surface area (Å²) < 4.78 is 5.41. The van der Waals surface area contributed by atoms with Gasteiger partial charge in [0.05, 0.1) is 18.2 Å². The predicted octanol–water partition coefficient (Wildman–Crippen LogP) is 4.12. The van der Waals surface area contributed by atoms with Gasteiger partial charge in [-0.25, -0.2) is 9.97 Å². The fourth-order valence-corrected chi connectivity index (χ4v) is 3.41. The number of carbonyl (C=O) groups is 1. The minimum absolute atomic E-state index is 0.122. The summed E-state index contributed by atoms with van der Waals surface area (Å²) in [5, 5.41) is 1.22. The maximum absolute atomic E-state index is 12.8. The van der Waals surface area contributed by atoms with E-state index in [9.17, 15) is 4.79 Å². The summed E-state index contributed by atoms with van der Waals surface area (Å²) in [5.74, 6) is 0.210.